The maximum atomic E-state index is 12.3. The Morgan fingerprint density at radius 2 is 2.00 bits per heavy atom. The second-order valence-corrected chi connectivity index (χ2v) is 7.34. The lowest BCUT2D eigenvalue weighted by Crippen LogP contribution is -2.51. The van der Waals surface area contributed by atoms with Crippen molar-refractivity contribution in [3.63, 3.8) is 0 Å². The van der Waals surface area contributed by atoms with E-state index in [1.807, 2.05) is 0 Å². The number of hydrogen-bond acceptors (Lipinski definition) is 4. The van der Waals surface area contributed by atoms with Crippen LogP contribution in [0.4, 0.5) is 5.13 Å². The molecule has 2 heterocycles. The Balaban J connectivity index is 1.46. The standard InChI is InChI=1S/C17H21N3OS/c1-12-4-2-7-14-15(12)22-17(18-14)20-10-8-19(9-11-20)16(21)13-5-3-6-13/h2,4,7,13H,3,5-6,8-11H2,1H3. The first-order chi connectivity index (χ1) is 10.7. The smallest absolute Gasteiger partial charge is 0.225 e. The van der Waals surface area contributed by atoms with Gasteiger partial charge in [0, 0.05) is 32.1 Å². The van der Waals surface area contributed by atoms with Gasteiger partial charge in [-0.3, -0.25) is 4.79 Å². The predicted octanol–water partition coefficient (Wildman–Crippen LogP) is 3.05. The fourth-order valence-electron chi connectivity index (χ4n) is 3.24. The molecule has 22 heavy (non-hydrogen) atoms. The molecule has 4 nitrogen and oxygen atoms in total. The molecule has 1 aromatic carbocycles. The van der Waals surface area contributed by atoms with Gasteiger partial charge in [0.05, 0.1) is 10.2 Å². The Bertz CT molecular complexity index is 699. The van der Waals surface area contributed by atoms with Gasteiger partial charge in [-0.05, 0) is 31.4 Å². The molecule has 0 radical (unpaired) electrons. The molecule has 5 heteroatoms. The maximum Gasteiger partial charge on any atom is 0.225 e. The quantitative estimate of drug-likeness (QED) is 0.854. The number of piperazine rings is 1. The summed E-state index contributed by atoms with van der Waals surface area (Å²) in [5.41, 5.74) is 2.38. The summed E-state index contributed by atoms with van der Waals surface area (Å²) < 4.78 is 1.28. The zero-order chi connectivity index (χ0) is 15.1. The summed E-state index contributed by atoms with van der Waals surface area (Å²) in [5, 5.41) is 1.10. The second kappa shape index (κ2) is 5.54. The molecule has 1 saturated heterocycles. The van der Waals surface area contributed by atoms with Gasteiger partial charge in [-0.1, -0.05) is 29.9 Å². The molecule has 0 spiro atoms. The van der Waals surface area contributed by atoms with Crippen LogP contribution in [0.3, 0.4) is 0 Å². The molecule has 1 amide bonds. The van der Waals surface area contributed by atoms with Gasteiger partial charge in [0.25, 0.3) is 0 Å². The van der Waals surface area contributed by atoms with Gasteiger partial charge in [-0.25, -0.2) is 4.98 Å². The third kappa shape index (κ3) is 2.37. The lowest BCUT2D eigenvalue weighted by molar-refractivity contribution is -0.138. The topological polar surface area (TPSA) is 36.4 Å². The summed E-state index contributed by atoms with van der Waals surface area (Å²) in [6, 6.07) is 6.29. The minimum absolute atomic E-state index is 0.316. The zero-order valence-corrected chi connectivity index (χ0v) is 13.7. The van der Waals surface area contributed by atoms with Crippen LogP contribution in [0.15, 0.2) is 18.2 Å². The number of aromatic nitrogens is 1. The van der Waals surface area contributed by atoms with E-state index < -0.39 is 0 Å². The van der Waals surface area contributed by atoms with Crippen LogP contribution in [0.2, 0.25) is 0 Å². The number of aryl methyl sites for hydroxylation is 1. The van der Waals surface area contributed by atoms with Gasteiger partial charge >= 0.3 is 0 Å². The second-order valence-electron chi connectivity index (χ2n) is 6.36. The fourth-order valence-corrected chi connectivity index (χ4v) is 4.33. The molecule has 0 unspecified atom stereocenters. The van der Waals surface area contributed by atoms with Crippen LogP contribution in [0, 0.1) is 12.8 Å². The average molecular weight is 315 g/mol. The largest absolute Gasteiger partial charge is 0.345 e. The number of carbonyl (C=O) groups excluding carboxylic acids is 1. The molecule has 0 N–H and O–H groups in total. The van der Waals surface area contributed by atoms with Crippen molar-refractivity contribution in [3.05, 3.63) is 23.8 Å². The number of amides is 1. The molecule has 0 bridgehead atoms. The number of nitrogens with zero attached hydrogens (tertiary/aromatic N) is 3. The highest BCUT2D eigenvalue weighted by molar-refractivity contribution is 7.22. The van der Waals surface area contributed by atoms with Crippen molar-refractivity contribution in [1.29, 1.82) is 0 Å². The van der Waals surface area contributed by atoms with E-state index in [-0.39, 0.29) is 0 Å². The van der Waals surface area contributed by atoms with Gasteiger partial charge in [0.1, 0.15) is 0 Å². The number of fused-ring (bicyclic) bond motifs is 1. The SMILES string of the molecule is Cc1cccc2nc(N3CCN(C(=O)C4CCC4)CC3)sc12. The molecule has 4 rings (SSSR count). The monoisotopic (exact) mass is 315 g/mol. The van der Waals surface area contributed by atoms with Crippen LogP contribution in [-0.2, 0) is 4.79 Å². The molecule has 116 valence electrons. The van der Waals surface area contributed by atoms with E-state index in [1.165, 1.54) is 16.7 Å². The highest BCUT2D eigenvalue weighted by Gasteiger charge is 2.31. The predicted molar refractivity (Wildman–Crippen MR) is 90.5 cm³/mol. The third-order valence-electron chi connectivity index (χ3n) is 4.92. The molecular formula is C17H21N3OS. The minimum atomic E-state index is 0.316. The van der Waals surface area contributed by atoms with Crippen LogP contribution in [0.1, 0.15) is 24.8 Å². The summed E-state index contributed by atoms with van der Waals surface area (Å²) in [6.07, 6.45) is 3.41. The Labute approximate surface area is 134 Å². The molecule has 1 saturated carbocycles. The first kappa shape index (κ1) is 14.0. The number of benzene rings is 1. The summed E-state index contributed by atoms with van der Waals surface area (Å²) >= 11 is 1.77. The van der Waals surface area contributed by atoms with Crippen LogP contribution in [0.5, 0.6) is 0 Å². The van der Waals surface area contributed by atoms with Crippen molar-refractivity contribution in [1.82, 2.24) is 9.88 Å². The number of thiazole rings is 1. The van der Waals surface area contributed by atoms with Crippen LogP contribution in [0.25, 0.3) is 10.2 Å². The maximum absolute atomic E-state index is 12.3. The highest BCUT2D eigenvalue weighted by atomic mass is 32.1. The summed E-state index contributed by atoms with van der Waals surface area (Å²) in [6.45, 7) is 5.61. The molecule has 0 atom stereocenters. The van der Waals surface area contributed by atoms with E-state index in [9.17, 15) is 4.79 Å². The average Bonchev–Trinajstić information content (AvgIpc) is 2.91. The minimum Gasteiger partial charge on any atom is -0.345 e. The highest BCUT2D eigenvalue weighted by Crippen LogP contribution is 2.32. The number of anilines is 1. The van der Waals surface area contributed by atoms with Gasteiger partial charge in [0.15, 0.2) is 5.13 Å². The zero-order valence-electron chi connectivity index (χ0n) is 12.9. The molecular weight excluding hydrogens is 294 g/mol. The van der Waals surface area contributed by atoms with E-state index >= 15 is 0 Å². The molecule has 2 aliphatic rings. The number of rotatable bonds is 2. The lowest BCUT2D eigenvalue weighted by atomic mass is 9.84. The third-order valence-corrected chi connectivity index (χ3v) is 6.18. The fraction of sp³-hybridized carbons (Fsp3) is 0.529. The molecule has 1 aromatic heterocycles. The van der Waals surface area contributed by atoms with E-state index in [4.69, 9.17) is 4.98 Å². The molecule has 2 fully saturated rings. The Morgan fingerprint density at radius 3 is 2.64 bits per heavy atom. The van der Waals surface area contributed by atoms with E-state index in [0.29, 0.717) is 11.8 Å². The van der Waals surface area contributed by atoms with Crippen molar-refractivity contribution in [2.45, 2.75) is 26.2 Å². The van der Waals surface area contributed by atoms with Crippen LogP contribution >= 0.6 is 11.3 Å². The molecule has 1 aliphatic heterocycles. The Morgan fingerprint density at radius 1 is 1.23 bits per heavy atom. The first-order valence-corrected chi connectivity index (χ1v) is 8.94. The van der Waals surface area contributed by atoms with E-state index in [2.05, 4.69) is 34.9 Å². The number of hydrogen-bond donors (Lipinski definition) is 0. The van der Waals surface area contributed by atoms with Gasteiger partial charge in [0.2, 0.25) is 5.91 Å². The van der Waals surface area contributed by atoms with E-state index in [1.54, 1.807) is 11.3 Å². The van der Waals surface area contributed by atoms with Crippen molar-refractivity contribution >= 4 is 32.6 Å². The number of carbonyl (C=O) groups is 1. The van der Waals surface area contributed by atoms with E-state index in [0.717, 1.165) is 49.7 Å². The van der Waals surface area contributed by atoms with Gasteiger partial charge in [-0.15, -0.1) is 0 Å². The summed E-state index contributed by atoms with van der Waals surface area (Å²) in [4.78, 5) is 21.5. The Kier molecular flexibility index (Phi) is 3.53. The van der Waals surface area contributed by atoms with Crippen molar-refractivity contribution < 1.29 is 4.79 Å². The first-order valence-electron chi connectivity index (χ1n) is 8.12. The molecule has 2 aromatic rings. The summed E-state index contributed by atoms with van der Waals surface area (Å²) in [5.74, 6) is 0.697. The summed E-state index contributed by atoms with van der Waals surface area (Å²) in [7, 11) is 0. The van der Waals surface area contributed by atoms with Crippen LogP contribution < -0.4 is 4.90 Å². The Hall–Kier alpha value is -1.62. The van der Waals surface area contributed by atoms with Crippen molar-refractivity contribution in [3.8, 4) is 0 Å². The van der Waals surface area contributed by atoms with Crippen molar-refractivity contribution in [2.24, 2.45) is 5.92 Å². The van der Waals surface area contributed by atoms with Gasteiger partial charge in [-0.2, -0.15) is 0 Å². The van der Waals surface area contributed by atoms with Crippen LogP contribution in [-0.4, -0.2) is 42.0 Å². The lowest BCUT2D eigenvalue weighted by Gasteiger charge is -2.38. The normalized spacial score (nSPS) is 19.5. The molecule has 1 aliphatic carbocycles. The van der Waals surface area contributed by atoms with Gasteiger partial charge < -0.3 is 9.80 Å². The van der Waals surface area contributed by atoms with Crippen molar-refractivity contribution in [2.75, 3.05) is 31.1 Å².